The molecule has 174 valence electrons. The highest BCUT2D eigenvalue weighted by atomic mass is 35.5. The monoisotopic (exact) mass is 500 g/mol. The summed E-state index contributed by atoms with van der Waals surface area (Å²) in [5.41, 5.74) is -2.18. The number of hydrogen-bond acceptors (Lipinski definition) is 3. The van der Waals surface area contributed by atoms with Gasteiger partial charge < -0.3 is 5.32 Å². The van der Waals surface area contributed by atoms with E-state index in [-0.39, 0.29) is 19.2 Å². The van der Waals surface area contributed by atoms with Crippen LogP contribution in [0.4, 0.5) is 26.3 Å². The minimum Gasteiger partial charge on any atom is -0.347 e. The molecule has 0 bridgehead atoms. The maximum atomic E-state index is 14.4. The first-order valence-electron chi connectivity index (χ1n) is 8.96. The Hall–Kier alpha value is -2.31. The quantitative estimate of drug-likeness (QED) is 0.511. The molecule has 2 aromatic rings. The van der Waals surface area contributed by atoms with Crippen LogP contribution in [0.15, 0.2) is 30.3 Å². The first-order valence-corrected chi connectivity index (χ1v) is 11.2. The van der Waals surface area contributed by atoms with E-state index in [2.05, 4.69) is 5.32 Å². The van der Waals surface area contributed by atoms with Crippen LogP contribution in [0.2, 0.25) is 5.02 Å². The normalized spacial score (nSPS) is 19.9. The average Bonchev–Trinajstić information content (AvgIpc) is 3.07. The smallest absolute Gasteiger partial charge is 0.347 e. The van der Waals surface area contributed by atoms with Gasteiger partial charge in [0.1, 0.15) is 5.82 Å². The molecule has 0 aromatic heterocycles. The van der Waals surface area contributed by atoms with Crippen LogP contribution in [0.3, 0.4) is 0 Å². The summed E-state index contributed by atoms with van der Waals surface area (Å²) in [4.78, 5) is 12.7. The lowest BCUT2D eigenvalue weighted by atomic mass is 9.93. The molecule has 0 spiro atoms. The van der Waals surface area contributed by atoms with Crippen molar-refractivity contribution in [3.63, 3.8) is 0 Å². The van der Waals surface area contributed by atoms with E-state index < -0.39 is 73.2 Å². The summed E-state index contributed by atoms with van der Waals surface area (Å²) in [5, 5.41) is 1.48. The molecule has 0 aliphatic carbocycles. The molecule has 13 heteroatoms. The second kappa shape index (κ2) is 8.56. The number of halogens is 7. The third-order valence-corrected chi connectivity index (χ3v) is 6.70. The van der Waals surface area contributed by atoms with E-state index in [0.717, 1.165) is 22.7 Å². The maximum absolute atomic E-state index is 14.4. The van der Waals surface area contributed by atoms with Gasteiger partial charge in [0.05, 0.1) is 28.4 Å². The standard InChI is InChI=1S/C19H15ClF6N2O3S/c1-32(30,31)28-7-11(10-5-14(22)15(23)6-13(10)21)16(8-28)27-18(29)9-3-2-4-12(17(9)20)19(24,25)26/h2-6,11,16H,7-8H2,1H3,(H,27,29)/t11-,16+/m0/s1. The number of nitrogens with zero attached hydrogens (tertiary/aromatic N) is 1. The first kappa shape index (κ1) is 24.3. The highest BCUT2D eigenvalue weighted by molar-refractivity contribution is 7.88. The largest absolute Gasteiger partial charge is 0.417 e. The van der Waals surface area contributed by atoms with Crippen molar-refractivity contribution in [1.29, 1.82) is 0 Å². The fourth-order valence-corrected chi connectivity index (χ4v) is 4.68. The molecule has 1 fully saturated rings. The van der Waals surface area contributed by atoms with Crippen molar-refractivity contribution in [1.82, 2.24) is 9.62 Å². The molecule has 1 N–H and O–H groups in total. The average molecular weight is 501 g/mol. The van der Waals surface area contributed by atoms with Gasteiger partial charge in [-0.25, -0.2) is 21.6 Å². The number of benzene rings is 2. The van der Waals surface area contributed by atoms with Crippen molar-refractivity contribution < 1.29 is 39.6 Å². The summed E-state index contributed by atoms with van der Waals surface area (Å²) in [5.74, 6) is -6.23. The Morgan fingerprint density at radius 3 is 2.31 bits per heavy atom. The molecule has 0 unspecified atom stereocenters. The zero-order valence-electron chi connectivity index (χ0n) is 16.2. The lowest BCUT2D eigenvalue weighted by molar-refractivity contribution is -0.137. The Kier molecular flexibility index (Phi) is 6.51. The lowest BCUT2D eigenvalue weighted by Gasteiger charge is -2.21. The number of nitrogens with one attached hydrogen (secondary N) is 1. The van der Waals surface area contributed by atoms with Crippen LogP contribution in [0, 0.1) is 17.5 Å². The maximum Gasteiger partial charge on any atom is 0.417 e. The number of carbonyl (C=O) groups is 1. The SMILES string of the molecule is CS(=O)(=O)N1C[C@@H](NC(=O)c2cccc(C(F)(F)F)c2Cl)[C@H](c2cc(F)c(F)cc2F)C1. The Labute approximate surface area is 184 Å². The lowest BCUT2D eigenvalue weighted by Crippen LogP contribution is -2.40. The second-order valence-corrected chi connectivity index (χ2v) is 9.58. The molecule has 2 atom stereocenters. The van der Waals surface area contributed by atoms with Gasteiger partial charge in [0.2, 0.25) is 10.0 Å². The molecular weight excluding hydrogens is 486 g/mol. The number of alkyl halides is 3. The van der Waals surface area contributed by atoms with Crippen LogP contribution in [0.1, 0.15) is 27.4 Å². The number of sulfonamides is 1. The van der Waals surface area contributed by atoms with Crippen molar-refractivity contribution in [2.45, 2.75) is 18.1 Å². The van der Waals surface area contributed by atoms with Crippen molar-refractivity contribution in [3.8, 4) is 0 Å². The van der Waals surface area contributed by atoms with E-state index in [1.807, 2.05) is 0 Å². The third kappa shape index (κ3) is 4.86. The number of amides is 1. The van der Waals surface area contributed by atoms with Crippen molar-refractivity contribution >= 4 is 27.5 Å². The van der Waals surface area contributed by atoms with Gasteiger partial charge in [0.25, 0.3) is 5.91 Å². The molecule has 32 heavy (non-hydrogen) atoms. The minimum absolute atomic E-state index is 0.288. The fourth-order valence-electron chi connectivity index (χ4n) is 3.49. The zero-order valence-corrected chi connectivity index (χ0v) is 17.8. The number of carbonyl (C=O) groups excluding carboxylic acids is 1. The summed E-state index contributed by atoms with van der Waals surface area (Å²) in [6, 6.07) is 2.35. The van der Waals surface area contributed by atoms with E-state index >= 15 is 0 Å². The van der Waals surface area contributed by atoms with Gasteiger partial charge in [-0.1, -0.05) is 17.7 Å². The molecule has 1 amide bonds. The van der Waals surface area contributed by atoms with Crippen molar-refractivity contribution in [2.75, 3.05) is 19.3 Å². The third-order valence-electron chi connectivity index (χ3n) is 5.06. The predicted octanol–water partition coefficient (Wildman–Crippen LogP) is 3.93. The highest BCUT2D eigenvalue weighted by Crippen LogP contribution is 2.37. The first-order chi connectivity index (χ1) is 14.7. The summed E-state index contributed by atoms with van der Waals surface area (Å²) in [6.07, 6.45) is -3.97. The molecule has 2 aromatic carbocycles. The Bertz CT molecular complexity index is 1170. The molecule has 0 saturated carbocycles. The van der Waals surface area contributed by atoms with Crippen LogP contribution >= 0.6 is 11.6 Å². The summed E-state index contributed by atoms with van der Waals surface area (Å²) in [7, 11) is -3.83. The fraction of sp³-hybridized carbons (Fsp3) is 0.316. The zero-order chi connectivity index (χ0) is 24.0. The molecule has 1 heterocycles. The van der Waals surface area contributed by atoms with Gasteiger partial charge >= 0.3 is 6.18 Å². The molecule has 1 aliphatic heterocycles. The highest BCUT2D eigenvalue weighted by Gasteiger charge is 2.41. The van der Waals surface area contributed by atoms with Crippen LogP contribution < -0.4 is 5.32 Å². The number of hydrogen-bond donors (Lipinski definition) is 1. The molecule has 1 aliphatic rings. The van der Waals surface area contributed by atoms with Crippen LogP contribution in [0.25, 0.3) is 0 Å². The van der Waals surface area contributed by atoms with Crippen LogP contribution in [-0.2, 0) is 16.2 Å². The van der Waals surface area contributed by atoms with Crippen LogP contribution in [-0.4, -0.2) is 44.0 Å². The molecule has 1 saturated heterocycles. The Morgan fingerprint density at radius 1 is 1.09 bits per heavy atom. The summed E-state index contributed by atoms with van der Waals surface area (Å²) >= 11 is 5.75. The molecule has 0 radical (unpaired) electrons. The topological polar surface area (TPSA) is 66.5 Å². The predicted molar refractivity (Wildman–Crippen MR) is 103 cm³/mol. The van der Waals surface area contributed by atoms with Gasteiger partial charge in [0.15, 0.2) is 11.6 Å². The second-order valence-electron chi connectivity index (χ2n) is 7.22. The molecule has 5 nitrogen and oxygen atoms in total. The molecule has 3 rings (SSSR count). The van der Waals surface area contributed by atoms with Crippen LogP contribution in [0.5, 0.6) is 0 Å². The Balaban J connectivity index is 1.98. The van der Waals surface area contributed by atoms with Gasteiger partial charge in [-0.3, -0.25) is 4.79 Å². The van der Waals surface area contributed by atoms with E-state index in [1.165, 1.54) is 0 Å². The van der Waals surface area contributed by atoms with Gasteiger partial charge in [-0.05, 0) is 23.8 Å². The van der Waals surface area contributed by atoms with E-state index in [9.17, 15) is 39.6 Å². The van der Waals surface area contributed by atoms with E-state index in [0.29, 0.717) is 12.1 Å². The minimum atomic E-state index is -4.83. The molecular formula is C19H15ClF6N2O3S. The number of rotatable bonds is 4. The van der Waals surface area contributed by atoms with Gasteiger partial charge in [0, 0.05) is 25.1 Å². The van der Waals surface area contributed by atoms with Gasteiger partial charge in [-0.15, -0.1) is 0 Å². The Morgan fingerprint density at radius 2 is 1.72 bits per heavy atom. The van der Waals surface area contributed by atoms with Crippen molar-refractivity contribution in [3.05, 3.63) is 69.5 Å². The van der Waals surface area contributed by atoms with E-state index in [4.69, 9.17) is 11.6 Å². The van der Waals surface area contributed by atoms with Crippen molar-refractivity contribution in [2.24, 2.45) is 0 Å². The van der Waals surface area contributed by atoms with E-state index in [1.54, 1.807) is 0 Å². The summed E-state index contributed by atoms with van der Waals surface area (Å²) in [6.45, 7) is -0.744. The summed E-state index contributed by atoms with van der Waals surface area (Å²) < 4.78 is 105. The van der Waals surface area contributed by atoms with Gasteiger partial charge in [-0.2, -0.15) is 17.5 Å².